The molecule has 14 heavy (non-hydrogen) atoms. The molecular weight excluding hydrogens is 211 g/mol. The van der Waals surface area contributed by atoms with Crippen molar-refractivity contribution < 1.29 is 13.0 Å². The van der Waals surface area contributed by atoms with E-state index in [4.69, 9.17) is 4.55 Å². The second-order valence-corrected chi connectivity index (χ2v) is 4.56. The Morgan fingerprint density at radius 3 is 2.07 bits per heavy atom. The first kappa shape index (κ1) is 14.1. The van der Waals surface area contributed by atoms with Gasteiger partial charge in [0.1, 0.15) is 0 Å². The van der Waals surface area contributed by atoms with Gasteiger partial charge >= 0.3 is 29.6 Å². The van der Waals surface area contributed by atoms with Crippen molar-refractivity contribution in [1.82, 2.24) is 0 Å². The zero-order chi connectivity index (χ0) is 10.1. The molecule has 0 atom stereocenters. The molecule has 0 aromatic heterocycles. The van der Waals surface area contributed by atoms with Gasteiger partial charge in [0.15, 0.2) is 0 Å². The van der Waals surface area contributed by atoms with Crippen LogP contribution in [0.25, 0.3) is 0 Å². The second kappa shape index (κ2) is 5.28. The standard InChI is InChI=1S/C9H12O3S.Na.H/c1-7(2)8-5-3-4-6-9(8)13(10,11)12;;/h3-7H,1-2H3,(H,10,11,12);;. The molecule has 0 spiro atoms. The average Bonchev–Trinajstić information content (AvgIpc) is 2.03. The fourth-order valence-corrected chi connectivity index (χ4v) is 2.04. The molecule has 0 radical (unpaired) electrons. The third-order valence-corrected chi connectivity index (χ3v) is 2.75. The summed E-state index contributed by atoms with van der Waals surface area (Å²) in [7, 11) is -4.08. The van der Waals surface area contributed by atoms with Crippen molar-refractivity contribution in [3.63, 3.8) is 0 Å². The van der Waals surface area contributed by atoms with Crippen molar-refractivity contribution >= 4 is 39.7 Å². The van der Waals surface area contributed by atoms with Crippen LogP contribution in [-0.4, -0.2) is 42.5 Å². The molecule has 0 saturated carbocycles. The van der Waals surface area contributed by atoms with E-state index in [-0.39, 0.29) is 40.4 Å². The van der Waals surface area contributed by atoms with Crippen LogP contribution >= 0.6 is 0 Å². The summed E-state index contributed by atoms with van der Waals surface area (Å²) in [5.41, 5.74) is 0.644. The van der Waals surface area contributed by atoms with Crippen molar-refractivity contribution in [2.45, 2.75) is 24.7 Å². The first-order valence-corrected chi connectivity index (χ1v) is 5.43. The summed E-state index contributed by atoms with van der Waals surface area (Å²) in [5.74, 6) is 0.0816. The van der Waals surface area contributed by atoms with Gasteiger partial charge in [0.2, 0.25) is 0 Å². The summed E-state index contributed by atoms with van der Waals surface area (Å²) in [6.45, 7) is 3.76. The minimum absolute atomic E-state index is 0. The minimum atomic E-state index is -4.08. The van der Waals surface area contributed by atoms with Gasteiger partial charge in [-0.3, -0.25) is 4.55 Å². The number of rotatable bonds is 2. The van der Waals surface area contributed by atoms with E-state index in [0.717, 1.165) is 0 Å². The monoisotopic (exact) mass is 224 g/mol. The Balaban J connectivity index is 0.00000169. The van der Waals surface area contributed by atoms with Crippen molar-refractivity contribution in [2.75, 3.05) is 0 Å². The Hall–Kier alpha value is 0.130. The van der Waals surface area contributed by atoms with Crippen LogP contribution in [0.2, 0.25) is 0 Å². The van der Waals surface area contributed by atoms with E-state index >= 15 is 0 Å². The summed E-state index contributed by atoms with van der Waals surface area (Å²) in [4.78, 5) is 0.00463. The molecular formula is C9H13NaO3S. The molecule has 0 aliphatic carbocycles. The topological polar surface area (TPSA) is 54.4 Å². The Kier molecular flexibility index (Phi) is 5.33. The van der Waals surface area contributed by atoms with Gasteiger partial charge < -0.3 is 0 Å². The Labute approximate surface area is 107 Å². The SMILES string of the molecule is CC(C)c1ccccc1S(=O)(=O)O.[NaH]. The van der Waals surface area contributed by atoms with E-state index in [1.165, 1.54) is 6.07 Å². The Bertz CT molecular complexity index is 398. The summed E-state index contributed by atoms with van der Waals surface area (Å²) in [5, 5.41) is 0. The van der Waals surface area contributed by atoms with Crippen LogP contribution < -0.4 is 0 Å². The van der Waals surface area contributed by atoms with Crippen LogP contribution in [0.3, 0.4) is 0 Å². The molecule has 0 bridgehead atoms. The Morgan fingerprint density at radius 1 is 1.21 bits per heavy atom. The quantitative estimate of drug-likeness (QED) is 0.610. The maximum atomic E-state index is 10.9. The molecule has 5 heteroatoms. The van der Waals surface area contributed by atoms with E-state index in [1.807, 2.05) is 13.8 Å². The summed E-state index contributed by atoms with van der Waals surface area (Å²) >= 11 is 0. The van der Waals surface area contributed by atoms with Crippen LogP contribution in [0.15, 0.2) is 29.2 Å². The van der Waals surface area contributed by atoms with Gasteiger partial charge in [-0.1, -0.05) is 32.0 Å². The first-order chi connectivity index (χ1) is 5.93. The van der Waals surface area contributed by atoms with Gasteiger partial charge in [-0.15, -0.1) is 0 Å². The van der Waals surface area contributed by atoms with Gasteiger partial charge in [0.05, 0.1) is 4.90 Å². The Morgan fingerprint density at radius 2 is 1.71 bits per heavy atom. The van der Waals surface area contributed by atoms with E-state index in [2.05, 4.69) is 0 Å². The van der Waals surface area contributed by atoms with E-state index in [9.17, 15) is 8.42 Å². The molecule has 0 heterocycles. The second-order valence-electron chi connectivity index (χ2n) is 3.17. The molecule has 0 aliphatic rings. The van der Waals surface area contributed by atoms with E-state index < -0.39 is 10.1 Å². The molecule has 0 unspecified atom stereocenters. The fraction of sp³-hybridized carbons (Fsp3) is 0.333. The van der Waals surface area contributed by atoms with E-state index in [1.54, 1.807) is 18.2 Å². The number of benzene rings is 1. The van der Waals surface area contributed by atoms with Crippen LogP contribution in [0.1, 0.15) is 25.3 Å². The molecule has 0 aliphatic heterocycles. The molecule has 3 nitrogen and oxygen atoms in total. The molecule has 1 aromatic carbocycles. The predicted molar refractivity (Wildman–Crippen MR) is 57.5 cm³/mol. The third-order valence-electron chi connectivity index (χ3n) is 1.82. The van der Waals surface area contributed by atoms with Gasteiger partial charge in [-0.2, -0.15) is 8.42 Å². The van der Waals surface area contributed by atoms with Crippen molar-refractivity contribution in [3.05, 3.63) is 29.8 Å². The zero-order valence-corrected chi connectivity index (χ0v) is 8.38. The molecule has 0 fully saturated rings. The number of hydrogen-bond donors (Lipinski definition) is 1. The number of hydrogen-bond acceptors (Lipinski definition) is 2. The third kappa shape index (κ3) is 3.37. The summed E-state index contributed by atoms with van der Waals surface area (Å²) in [6.07, 6.45) is 0. The van der Waals surface area contributed by atoms with Crippen LogP contribution in [0, 0.1) is 0 Å². The molecule has 1 rings (SSSR count). The van der Waals surface area contributed by atoms with Crippen LogP contribution in [-0.2, 0) is 10.1 Å². The van der Waals surface area contributed by atoms with Gasteiger partial charge in [0.25, 0.3) is 10.1 Å². The fourth-order valence-electron chi connectivity index (χ4n) is 1.19. The molecule has 1 N–H and O–H groups in total. The molecule has 1 aromatic rings. The average molecular weight is 224 g/mol. The van der Waals surface area contributed by atoms with Crippen LogP contribution in [0.4, 0.5) is 0 Å². The summed E-state index contributed by atoms with van der Waals surface area (Å²) in [6, 6.07) is 6.46. The van der Waals surface area contributed by atoms with Gasteiger partial charge in [-0.25, -0.2) is 0 Å². The van der Waals surface area contributed by atoms with Crippen molar-refractivity contribution in [2.24, 2.45) is 0 Å². The summed E-state index contributed by atoms with van der Waals surface area (Å²) < 4.78 is 30.7. The van der Waals surface area contributed by atoms with Crippen LogP contribution in [0.5, 0.6) is 0 Å². The first-order valence-electron chi connectivity index (χ1n) is 3.99. The van der Waals surface area contributed by atoms with E-state index in [0.29, 0.717) is 5.56 Å². The normalized spacial score (nSPS) is 11.1. The predicted octanol–water partition coefficient (Wildman–Crippen LogP) is 1.41. The van der Waals surface area contributed by atoms with Gasteiger partial charge in [-0.05, 0) is 17.5 Å². The molecule has 74 valence electrons. The van der Waals surface area contributed by atoms with Crippen molar-refractivity contribution in [1.29, 1.82) is 0 Å². The van der Waals surface area contributed by atoms with Crippen molar-refractivity contribution in [3.8, 4) is 0 Å². The molecule has 0 saturated heterocycles. The zero-order valence-electron chi connectivity index (χ0n) is 7.56. The van der Waals surface area contributed by atoms with Gasteiger partial charge in [0, 0.05) is 0 Å². The molecule has 0 amide bonds. The maximum absolute atomic E-state index is 10.9.